The fraction of sp³-hybridized carbons (Fsp3) is 0.700. The van der Waals surface area contributed by atoms with Crippen molar-refractivity contribution in [2.24, 2.45) is 17.6 Å². The number of hydrogen-bond donors (Lipinski definition) is 2. The van der Waals surface area contributed by atoms with Gasteiger partial charge in [-0.1, -0.05) is 6.92 Å². The molecule has 2 aliphatic heterocycles. The van der Waals surface area contributed by atoms with E-state index in [4.69, 9.17) is 12.3 Å². The van der Waals surface area contributed by atoms with Crippen LogP contribution in [0.3, 0.4) is 0 Å². The SMILES string of the molecule is CN1CCC(CCCN)CC1.Cc1[c-]cnc(C)n1.[C-]#[N+]c1cnc(NCCCC2CCN(C)CC2)nc1C.[Y]. The smallest absolute Gasteiger partial charge is 0.225 e. The van der Waals surface area contributed by atoms with Gasteiger partial charge in [0.1, 0.15) is 5.82 Å². The predicted octanol–water partition coefficient (Wildman–Crippen LogP) is 4.83. The van der Waals surface area contributed by atoms with Crippen molar-refractivity contribution in [1.29, 1.82) is 0 Å². The van der Waals surface area contributed by atoms with Gasteiger partial charge in [0.15, 0.2) is 0 Å². The number of anilines is 1. The number of nitrogens with one attached hydrogen (secondary N) is 1. The van der Waals surface area contributed by atoms with Crippen molar-refractivity contribution in [3.8, 4) is 0 Å². The average Bonchev–Trinajstić information content (AvgIpc) is 2.92. The third-order valence-corrected chi connectivity index (χ3v) is 7.49. The molecule has 40 heavy (non-hydrogen) atoms. The Morgan fingerprint density at radius 2 is 1.52 bits per heavy atom. The fourth-order valence-corrected chi connectivity index (χ4v) is 4.88. The van der Waals surface area contributed by atoms with Gasteiger partial charge in [-0.3, -0.25) is 9.97 Å². The zero-order valence-electron chi connectivity index (χ0n) is 25.5. The van der Waals surface area contributed by atoms with Crippen LogP contribution in [0.15, 0.2) is 12.4 Å². The van der Waals surface area contributed by atoms with Crippen LogP contribution in [0.1, 0.15) is 68.6 Å². The van der Waals surface area contributed by atoms with Crippen LogP contribution in [0, 0.1) is 45.2 Å². The standard InChI is InChI=1S/C15H23N5.C9H20N2.C6H7N2.Y/c1-12-14(16-2)11-18-15(19-12)17-8-4-5-13-6-9-20(3)10-7-13;1-11-7-4-9(5-8-11)3-2-6-10;1-5-3-4-7-6(2)8-5;/h11,13H,4-10H2,1,3H3,(H,17,18,19);9H,2-8,10H2,1H3;4H,1-2H3;/q;;-1;. The summed E-state index contributed by atoms with van der Waals surface area (Å²) in [7, 11) is 4.41. The van der Waals surface area contributed by atoms with E-state index in [1.54, 1.807) is 12.4 Å². The van der Waals surface area contributed by atoms with Crippen LogP contribution < -0.4 is 11.1 Å². The Labute approximate surface area is 268 Å². The van der Waals surface area contributed by atoms with Gasteiger partial charge in [-0.2, -0.15) is 0 Å². The molecular weight excluding hydrogens is 575 g/mol. The third-order valence-electron chi connectivity index (χ3n) is 7.49. The van der Waals surface area contributed by atoms with Crippen LogP contribution in [-0.2, 0) is 32.7 Å². The van der Waals surface area contributed by atoms with Crippen LogP contribution in [0.4, 0.5) is 11.6 Å². The molecule has 4 heterocycles. The first-order valence-corrected chi connectivity index (χ1v) is 14.5. The molecule has 2 aliphatic rings. The number of rotatable bonds is 8. The third kappa shape index (κ3) is 15.4. The maximum Gasteiger partial charge on any atom is 0.225 e. The summed E-state index contributed by atoms with van der Waals surface area (Å²) < 4.78 is 0. The molecule has 2 fully saturated rings. The summed E-state index contributed by atoms with van der Waals surface area (Å²) in [6.45, 7) is 19.4. The number of hydrogen-bond acceptors (Lipinski definition) is 8. The molecule has 0 aliphatic carbocycles. The topological polar surface area (TPSA) is 100 Å². The first kappa shape index (κ1) is 36.5. The predicted molar refractivity (Wildman–Crippen MR) is 160 cm³/mol. The Bertz CT molecular complexity index is 961. The minimum atomic E-state index is 0. The number of nitrogens with zero attached hydrogens (tertiary/aromatic N) is 7. The van der Waals surface area contributed by atoms with E-state index < -0.39 is 0 Å². The average molecular weight is 626 g/mol. The summed E-state index contributed by atoms with van der Waals surface area (Å²) >= 11 is 0. The summed E-state index contributed by atoms with van der Waals surface area (Å²) in [4.78, 5) is 24.5. The molecule has 2 aromatic rings. The van der Waals surface area contributed by atoms with E-state index in [0.29, 0.717) is 11.6 Å². The van der Waals surface area contributed by atoms with Crippen LogP contribution in [0.2, 0.25) is 0 Å². The maximum absolute atomic E-state index is 6.97. The molecule has 3 N–H and O–H groups in total. The van der Waals surface area contributed by atoms with Crippen LogP contribution in [0.25, 0.3) is 4.85 Å². The van der Waals surface area contributed by atoms with E-state index >= 15 is 0 Å². The minimum absolute atomic E-state index is 0. The molecule has 0 saturated carbocycles. The largest absolute Gasteiger partial charge is 0.430 e. The minimum Gasteiger partial charge on any atom is -0.430 e. The second-order valence-electron chi connectivity index (χ2n) is 10.9. The molecule has 0 spiro atoms. The first-order valence-electron chi connectivity index (χ1n) is 14.5. The van der Waals surface area contributed by atoms with E-state index in [1.165, 1.54) is 71.1 Å². The first-order chi connectivity index (χ1) is 18.8. The Morgan fingerprint density at radius 1 is 0.950 bits per heavy atom. The molecule has 4 rings (SSSR count). The van der Waals surface area contributed by atoms with Gasteiger partial charge in [-0.15, -0.1) is 11.9 Å². The molecule has 1 radical (unpaired) electrons. The zero-order valence-corrected chi connectivity index (χ0v) is 28.3. The fourth-order valence-electron chi connectivity index (χ4n) is 4.88. The maximum atomic E-state index is 6.97. The Balaban J connectivity index is 0.000000336. The van der Waals surface area contributed by atoms with Gasteiger partial charge in [-0.25, -0.2) is 14.8 Å². The Hall–Kier alpha value is -1.57. The van der Waals surface area contributed by atoms with Crippen molar-refractivity contribution in [2.75, 3.05) is 58.7 Å². The van der Waals surface area contributed by atoms with E-state index in [-0.39, 0.29) is 32.7 Å². The molecule has 0 atom stereocenters. The van der Waals surface area contributed by atoms with Crippen LogP contribution >= 0.6 is 0 Å². The van der Waals surface area contributed by atoms with Gasteiger partial charge in [0, 0.05) is 51.1 Å². The van der Waals surface area contributed by atoms with Crippen molar-refractivity contribution in [2.45, 2.75) is 72.1 Å². The van der Waals surface area contributed by atoms with Gasteiger partial charge in [0.2, 0.25) is 11.6 Å². The van der Waals surface area contributed by atoms with Gasteiger partial charge in [0.05, 0.1) is 6.57 Å². The summed E-state index contributed by atoms with van der Waals surface area (Å²) in [6.07, 6.45) is 13.6. The van der Waals surface area contributed by atoms with Gasteiger partial charge in [-0.05, 0) is 124 Å². The number of aromatic nitrogens is 4. The van der Waals surface area contributed by atoms with Crippen molar-refractivity contribution < 1.29 is 32.7 Å². The summed E-state index contributed by atoms with van der Waals surface area (Å²) in [5, 5.41) is 3.25. The molecule has 0 bridgehead atoms. The van der Waals surface area contributed by atoms with Crippen molar-refractivity contribution in [1.82, 2.24) is 29.7 Å². The molecule has 219 valence electrons. The monoisotopic (exact) mass is 625 g/mol. The van der Waals surface area contributed by atoms with E-state index in [0.717, 1.165) is 48.6 Å². The zero-order chi connectivity index (χ0) is 28.5. The second-order valence-corrected chi connectivity index (χ2v) is 10.9. The van der Waals surface area contributed by atoms with Crippen molar-refractivity contribution >= 4 is 11.6 Å². The van der Waals surface area contributed by atoms with E-state index in [2.05, 4.69) is 60.1 Å². The van der Waals surface area contributed by atoms with Crippen LogP contribution in [0.5, 0.6) is 0 Å². The molecule has 0 unspecified atom stereocenters. The van der Waals surface area contributed by atoms with E-state index in [1.807, 2.05) is 20.8 Å². The molecule has 2 aromatic heterocycles. The van der Waals surface area contributed by atoms with E-state index in [9.17, 15) is 0 Å². The van der Waals surface area contributed by atoms with Gasteiger partial charge in [0.25, 0.3) is 0 Å². The van der Waals surface area contributed by atoms with Gasteiger partial charge < -0.3 is 26.9 Å². The molecule has 10 heteroatoms. The molecule has 0 amide bonds. The summed E-state index contributed by atoms with van der Waals surface area (Å²) in [5.41, 5.74) is 7.64. The van der Waals surface area contributed by atoms with Crippen molar-refractivity contribution in [3.63, 3.8) is 0 Å². The molecular formula is C30H50N9Y-. The van der Waals surface area contributed by atoms with Crippen LogP contribution in [-0.4, -0.2) is 83.1 Å². The second kappa shape index (κ2) is 21.2. The molecule has 0 aromatic carbocycles. The molecule has 2 saturated heterocycles. The molecule has 9 nitrogen and oxygen atoms in total. The number of piperidine rings is 2. The summed E-state index contributed by atoms with van der Waals surface area (Å²) in [5.74, 6) is 3.29. The number of likely N-dealkylation sites (tertiary alicyclic amines) is 2. The number of nitrogens with two attached hydrogens (primary N) is 1. The van der Waals surface area contributed by atoms with Crippen molar-refractivity contribution in [3.05, 3.63) is 47.1 Å². The Kier molecular flexibility index (Phi) is 19.3. The van der Waals surface area contributed by atoms with Gasteiger partial charge >= 0.3 is 0 Å². The number of aryl methyl sites for hydroxylation is 3. The quantitative estimate of drug-likeness (QED) is 0.318. The Morgan fingerprint density at radius 3 is 1.98 bits per heavy atom. The summed E-state index contributed by atoms with van der Waals surface area (Å²) in [6, 6.07) is 2.85. The normalized spacial score (nSPS) is 16.4.